The van der Waals surface area contributed by atoms with Crippen LogP contribution in [0.3, 0.4) is 0 Å². The molecular formula is C19H12F3N5O2. The van der Waals surface area contributed by atoms with E-state index in [4.69, 9.17) is 10.3 Å². The normalized spacial score (nSPS) is 11.6. The van der Waals surface area contributed by atoms with E-state index >= 15 is 0 Å². The third kappa shape index (κ3) is 3.65. The number of fused-ring (bicyclic) bond motifs is 1. The van der Waals surface area contributed by atoms with Crippen molar-refractivity contribution in [2.45, 2.75) is 6.18 Å². The molecule has 0 aliphatic heterocycles. The number of furan rings is 1. The second-order valence-corrected chi connectivity index (χ2v) is 6.01. The van der Waals surface area contributed by atoms with E-state index in [2.05, 4.69) is 15.0 Å². The molecule has 0 spiro atoms. The van der Waals surface area contributed by atoms with Crippen LogP contribution in [0.25, 0.3) is 33.7 Å². The molecule has 1 amide bonds. The van der Waals surface area contributed by atoms with Gasteiger partial charge in [0, 0.05) is 17.1 Å². The van der Waals surface area contributed by atoms with Gasteiger partial charge >= 0.3 is 12.1 Å². The molecule has 4 aromatic rings. The minimum Gasteiger partial charge on any atom is -0.454 e. The van der Waals surface area contributed by atoms with Gasteiger partial charge in [0.15, 0.2) is 5.76 Å². The summed E-state index contributed by atoms with van der Waals surface area (Å²) in [4.78, 5) is 23.6. The van der Waals surface area contributed by atoms with Crippen LogP contribution in [0.1, 0.15) is 16.3 Å². The average molecular weight is 399 g/mol. The van der Waals surface area contributed by atoms with Crippen LogP contribution in [-0.4, -0.2) is 20.9 Å². The molecule has 0 aliphatic rings. The lowest BCUT2D eigenvalue weighted by Crippen LogP contribution is -2.31. The van der Waals surface area contributed by atoms with Crippen molar-refractivity contribution in [3.8, 4) is 22.7 Å². The fraction of sp³-hybridized carbons (Fsp3) is 0.0526. The number of amides is 1. The summed E-state index contributed by atoms with van der Waals surface area (Å²) in [5.74, 6) is 4.51. The van der Waals surface area contributed by atoms with Crippen LogP contribution in [0.15, 0.2) is 59.1 Å². The van der Waals surface area contributed by atoms with Gasteiger partial charge in [0.2, 0.25) is 5.82 Å². The second kappa shape index (κ2) is 6.99. The van der Waals surface area contributed by atoms with Crippen molar-refractivity contribution in [3.05, 3.63) is 66.2 Å². The van der Waals surface area contributed by atoms with Crippen LogP contribution in [0, 0.1) is 0 Å². The lowest BCUT2D eigenvalue weighted by Gasteiger charge is -2.08. The average Bonchev–Trinajstić information content (AvgIpc) is 3.16. The van der Waals surface area contributed by atoms with Gasteiger partial charge in [0.25, 0.3) is 0 Å². The van der Waals surface area contributed by atoms with Crippen molar-refractivity contribution in [1.82, 2.24) is 20.4 Å². The van der Waals surface area contributed by atoms with Gasteiger partial charge in [0.1, 0.15) is 17.0 Å². The second-order valence-electron chi connectivity index (χ2n) is 6.01. The summed E-state index contributed by atoms with van der Waals surface area (Å²) in [5.41, 5.74) is 2.24. The van der Waals surface area contributed by atoms with Crippen molar-refractivity contribution in [3.63, 3.8) is 0 Å². The quantitative estimate of drug-likeness (QED) is 0.310. The summed E-state index contributed by atoms with van der Waals surface area (Å²) < 4.78 is 44.0. The number of hydrogen-bond donors (Lipinski definition) is 2. The molecule has 0 aliphatic carbocycles. The summed E-state index contributed by atoms with van der Waals surface area (Å²) in [5, 5.41) is 0.823. The molecule has 3 heterocycles. The molecule has 4 rings (SSSR count). The zero-order valence-electron chi connectivity index (χ0n) is 14.6. The van der Waals surface area contributed by atoms with Crippen molar-refractivity contribution in [1.29, 1.82) is 0 Å². The Labute approximate surface area is 161 Å². The van der Waals surface area contributed by atoms with Crippen LogP contribution in [0.2, 0.25) is 0 Å². The summed E-state index contributed by atoms with van der Waals surface area (Å²) in [6.07, 6.45) is -3.54. The van der Waals surface area contributed by atoms with Gasteiger partial charge in [-0.25, -0.2) is 15.8 Å². The minimum absolute atomic E-state index is 0.190. The molecular weight excluding hydrogens is 387 g/mol. The van der Waals surface area contributed by atoms with E-state index in [1.807, 2.05) is 23.6 Å². The fourth-order valence-electron chi connectivity index (χ4n) is 2.71. The van der Waals surface area contributed by atoms with E-state index in [0.29, 0.717) is 11.3 Å². The molecule has 0 fully saturated rings. The number of nitrogens with zero attached hydrogens (tertiary/aromatic N) is 3. The standard InChI is InChI=1S/C19H12F3N5O2/c20-19(21,22)16-6-5-11(9-24-16)12-8-13(26-17(25-12)18(28)27-23)15-7-10-3-1-2-4-14(10)29-15/h1-9H,23H2,(H,27,28). The summed E-state index contributed by atoms with van der Waals surface area (Å²) >= 11 is 0. The number of halogens is 3. The molecule has 0 saturated heterocycles. The molecule has 0 radical (unpaired) electrons. The summed E-state index contributed by atoms with van der Waals surface area (Å²) in [6, 6.07) is 12.5. The van der Waals surface area contributed by atoms with E-state index in [-0.39, 0.29) is 22.8 Å². The van der Waals surface area contributed by atoms with Crippen LogP contribution >= 0.6 is 0 Å². The van der Waals surface area contributed by atoms with Gasteiger partial charge in [-0.2, -0.15) is 13.2 Å². The largest absolute Gasteiger partial charge is 0.454 e. The first-order chi connectivity index (χ1) is 13.8. The van der Waals surface area contributed by atoms with E-state index < -0.39 is 17.8 Å². The van der Waals surface area contributed by atoms with Crippen molar-refractivity contribution >= 4 is 16.9 Å². The highest BCUT2D eigenvalue weighted by Gasteiger charge is 2.32. The van der Waals surface area contributed by atoms with Gasteiger partial charge in [0.05, 0.1) is 5.69 Å². The highest BCUT2D eigenvalue weighted by molar-refractivity contribution is 5.91. The maximum absolute atomic E-state index is 12.8. The zero-order chi connectivity index (χ0) is 20.6. The number of pyridine rings is 1. The Kier molecular flexibility index (Phi) is 4.47. The number of aromatic nitrogens is 3. The third-order valence-corrected chi connectivity index (χ3v) is 4.09. The number of nitrogens with one attached hydrogen (secondary N) is 1. The minimum atomic E-state index is -4.56. The number of rotatable bonds is 3. The number of hydrazine groups is 1. The number of hydrogen-bond acceptors (Lipinski definition) is 6. The first-order valence-corrected chi connectivity index (χ1v) is 8.28. The van der Waals surface area contributed by atoms with Crippen molar-refractivity contribution in [2.24, 2.45) is 5.84 Å². The molecule has 0 saturated carbocycles. The zero-order valence-corrected chi connectivity index (χ0v) is 14.6. The first-order valence-electron chi connectivity index (χ1n) is 8.28. The topological polar surface area (TPSA) is 107 Å². The Hall–Kier alpha value is -3.79. The Morgan fingerprint density at radius 3 is 2.45 bits per heavy atom. The lowest BCUT2D eigenvalue weighted by molar-refractivity contribution is -0.141. The van der Waals surface area contributed by atoms with Gasteiger partial charge < -0.3 is 4.42 Å². The maximum Gasteiger partial charge on any atom is 0.433 e. The molecule has 146 valence electrons. The SMILES string of the molecule is NNC(=O)c1nc(-c2ccc(C(F)(F)F)nc2)cc(-c2cc3ccccc3o2)n1. The van der Waals surface area contributed by atoms with Crippen LogP contribution < -0.4 is 11.3 Å². The number of nitrogens with two attached hydrogens (primary N) is 1. The van der Waals surface area contributed by atoms with E-state index in [1.165, 1.54) is 12.1 Å². The molecule has 3 N–H and O–H groups in total. The van der Waals surface area contributed by atoms with Gasteiger partial charge in [-0.15, -0.1) is 0 Å². The van der Waals surface area contributed by atoms with Gasteiger partial charge in [-0.3, -0.25) is 15.2 Å². The number of carbonyl (C=O) groups excluding carboxylic acids is 1. The number of nitrogen functional groups attached to an aromatic ring is 1. The van der Waals surface area contributed by atoms with Crippen LogP contribution in [0.4, 0.5) is 13.2 Å². The maximum atomic E-state index is 12.8. The number of carbonyl (C=O) groups is 1. The van der Waals surface area contributed by atoms with E-state index in [9.17, 15) is 18.0 Å². The number of alkyl halides is 3. The Balaban J connectivity index is 1.83. The Bertz CT molecular complexity index is 1170. The lowest BCUT2D eigenvalue weighted by atomic mass is 10.1. The smallest absolute Gasteiger partial charge is 0.433 e. The predicted molar refractivity (Wildman–Crippen MR) is 97.1 cm³/mol. The molecule has 0 bridgehead atoms. The van der Waals surface area contributed by atoms with Gasteiger partial charge in [-0.05, 0) is 30.3 Å². The Morgan fingerprint density at radius 1 is 1.03 bits per heavy atom. The molecule has 7 nitrogen and oxygen atoms in total. The molecule has 0 atom stereocenters. The highest BCUT2D eigenvalue weighted by Crippen LogP contribution is 2.31. The molecule has 1 aromatic carbocycles. The molecule has 0 unspecified atom stereocenters. The fourth-order valence-corrected chi connectivity index (χ4v) is 2.71. The highest BCUT2D eigenvalue weighted by atomic mass is 19.4. The monoisotopic (exact) mass is 399 g/mol. The number of para-hydroxylation sites is 1. The first kappa shape index (κ1) is 18.6. The van der Waals surface area contributed by atoms with Gasteiger partial charge in [-0.1, -0.05) is 18.2 Å². The van der Waals surface area contributed by atoms with Crippen LogP contribution in [0.5, 0.6) is 0 Å². The van der Waals surface area contributed by atoms with Crippen LogP contribution in [-0.2, 0) is 6.18 Å². The summed E-state index contributed by atoms with van der Waals surface area (Å²) in [6.45, 7) is 0. The third-order valence-electron chi connectivity index (χ3n) is 4.09. The molecule has 3 aromatic heterocycles. The van der Waals surface area contributed by atoms with E-state index in [1.54, 1.807) is 12.1 Å². The Morgan fingerprint density at radius 2 is 1.79 bits per heavy atom. The molecule has 29 heavy (non-hydrogen) atoms. The summed E-state index contributed by atoms with van der Waals surface area (Å²) in [7, 11) is 0. The number of benzene rings is 1. The van der Waals surface area contributed by atoms with Crippen molar-refractivity contribution in [2.75, 3.05) is 0 Å². The van der Waals surface area contributed by atoms with E-state index in [0.717, 1.165) is 17.6 Å². The predicted octanol–water partition coefficient (Wildman–Crippen LogP) is 3.57. The molecule has 10 heteroatoms. The van der Waals surface area contributed by atoms with Crippen molar-refractivity contribution < 1.29 is 22.4 Å².